The Bertz CT molecular complexity index is 901. The van der Waals surface area contributed by atoms with Crippen molar-refractivity contribution in [3.05, 3.63) is 33.6 Å². The minimum Gasteiger partial charge on any atom is -0.361 e. The fourth-order valence-electron chi connectivity index (χ4n) is 5.64. The van der Waals surface area contributed by atoms with Gasteiger partial charge in [0.05, 0.1) is 17.1 Å². The Balaban J connectivity index is 1.02. The Morgan fingerprint density at radius 3 is 2.87 bits per heavy atom. The molecule has 6 nitrogen and oxygen atoms in total. The third-order valence-electron chi connectivity index (χ3n) is 7.42. The molecule has 0 aromatic carbocycles. The van der Waals surface area contributed by atoms with Gasteiger partial charge < -0.3 is 14.7 Å². The molecule has 1 aliphatic heterocycles. The molecule has 1 N–H and O–H groups in total. The van der Waals surface area contributed by atoms with Crippen LogP contribution in [0.25, 0.3) is 0 Å². The van der Waals surface area contributed by atoms with Gasteiger partial charge in [-0.2, -0.15) is 0 Å². The van der Waals surface area contributed by atoms with Crippen LogP contribution in [0.5, 0.6) is 0 Å². The van der Waals surface area contributed by atoms with E-state index in [-0.39, 0.29) is 11.3 Å². The van der Waals surface area contributed by atoms with Crippen molar-refractivity contribution in [2.45, 2.75) is 70.3 Å². The van der Waals surface area contributed by atoms with Crippen molar-refractivity contribution < 1.29 is 9.32 Å². The lowest BCUT2D eigenvalue weighted by atomic mass is 9.84. The number of aryl methyl sites for hydroxylation is 2. The number of rotatable bonds is 7. The molecular weight excluding hydrogens is 396 g/mol. The van der Waals surface area contributed by atoms with Crippen molar-refractivity contribution in [1.29, 1.82) is 0 Å². The van der Waals surface area contributed by atoms with E-state index in [0.717, 1.165) is 46.9 Å². The predicted octanol–water partition coefficient (Wildman–Crippen LogP) is 3.63. The van der Waals surface area contributed by atoms with Gasteiger partial charge in [0.25, 0.3) is 0 Å². The summed E-state index contributed by atoms with van der Waals surface area (Å²) in [5.41, 5.74) is 1.47. The SMILES string of the molecule is Cc1cc(C23CC2CN(CCC2CCC(NC(=O)Cc4cnc(C)s4)CC2)C3)no1. The molecule has 0 radical (unpaired) electrons. The summed E-state index contributed by atoms with van der Waals surface area (Å²) >= 11 is 1.61. The lowest BCUT2D eigenvalue weighted by molar-refractivity contribution is -0.121. The number of aromatic nitrogens is 2. The minimum absolute atomic E-state index is 0.145. The van der Waals surface area contributed by atoms with Crippen LogP contribution in [0.15, 0.2) is 16.8 Å². The first kappa shape index (κ1) is 20.2. The number of hydrogen-bond acceptors (Lipinski definition) is 6. The number of likely N-dealkylation sites (tertiary alicyclic amines) is 1. The van der Waals surface area contributed by atoms with Gasteiger partial charge in [0.2, 0.25) is 5.91 Å². The predicted molar refractivity (Wildman–Crippen MR) is 117 cm³/mol. The van der Waals surface area contributed by atoms with E-state index < -0.39 is 0 Å². The first-order valence-corrected chi connectivity index (χ1v) is 12.2. The van der Waals surface area contributed by atoms with Gasteiger partial charge in [0, 0.05) is 41.7 Å². The second-order valence-corrected chi connectivity index (χ2v) is 11.0. The smallest absolute Gasteiger partial charge is 0.225 e. The lowest BCUT2D eigenvalue weighted by Gasteiger charge is -2.30. The maximum atomic E-state index is 12.3. The molecule has 5 rings (SSSR count). The summed E-state index contributed by atoms with van der Waals surface area (Å²) in [6, 6.07) is 2.48. The molecule has 0 bridgehead atoms. The average Bonchev–Trinajstić information content (AvgIpc) is 3.08. The second kappa shape index (κ2) is 8.08. The van der Waals surface area contributed by atoms with Gasteiger partial charge >= 0.3 is 0 Å². The fraction of sp³-hybridized carbons (Fsp3) is 0.696. The van der Waals surface area contributed by atoms with E-state index in [4.69, 9.17) is 4.52 Å². The van der Waals surface area contributed by atoms with Crippen molar-refractivity contribution in [3.63, 3.8) is 0 Å². The van der Waals surface area contributed by atoms with Crippen LogP contribution in [0.1, 0.15) is 59.9 Å². The highest BCUT2D eigenvalue weighted by molar-refractivity contribution is 7.11. The molecule has 2 aliphatic carbocycles. The van der Waals surface area contributed by atoms with E-state index in [0.29, 0.717) is 12.5 Å². The van der Waals surface area contributed by atoms with Gasteiger partial charge in [0.15, 0.2) is 0 Å². The van der Waals surface area contributed by atoms with Crippen LogP contribution in [-0.4, -0.2) is 46.6 Å². The van der Waals surface area contributed by atoms with Crippen LogP contribution in [0.2, 0.25) is 0 Å². The molecule has 3 aliphatic rings. The van der Waals surface area contributed by atoms with Crippen molar-refractivity contribution in [3.8, 4) is 0 Å². The number of carbonyl (C=O) groups excluding carboxylic acids is 1. The number of nitrogens with one attached hydrogen (secondary N) is 1. The van der Waals surface area contributed by atoms with Crippen LogP contribution in [0.4, 0.5) is 0 Å². The largest absolute Gasteiger partial charge is 0.361 e. The molecule has 2 aromatic heterocycles. The number of piperidine rings is 1. The zero-order valence-corrected chi connectivity index (χ0v) is 18.8. The summed E-state index contributed by atoms with van der Waals surface area (Å²) in [6.45, 7) is 7.52. The number of hydrogen-bond donors (Lipinski definition) is 1. The number of amides is 1. The number of nitrogens with zero attached hydrogens (tertiary/aromatic N) is 3. The van der Waals surface area contributed by atoms with E-state index in [9.17, 15) is 4.79 Å². The molecule has 3 fully saturated rings. The van der Waals surface area contributed by atoms with Crippen molar-refractivity contribution in [2.75, 3.05) is 19.6 Å². The first-order valence-electron chi connectivity index (χ1n) is 11.4. The number of fused-ring (bicyclic) bond motifs is 1. The highest BCUT2D eigenvalue weighted by atomic mass is 32.1. The number of thiazole rings is 1. The highest BCUT2D eigenvalue weighted by Crippen LogP contribution is 2.58. The van der Waals surface area contributed by atoms with Crippen LogP contribution in [-0.2, 0) is 16.6 Å². The van der Waals surface area contributed by atoms with Crippen LogP contribution in [0, 0.1) is 25.7 Å². The molecular formula is C23H32N4O2S. The molecule has 1 amide bonds. The highest BCUT2D eigenvalue weighted by Gasteiger charge is 2.62. The topological polar surface area (TPSA) is 71.3 Å². The quantitative estimate of drug-likeness (QED) is 0.729. The van der Waals surface area contributed by atoms with Crippen LogP contribution in [0.3, 0.4) is 0 Å². The Labute approximate surface area is 182 Å². The molecule has 2 saturated carbocycles. The van der Waals surface area contributed by atoms with E-state index >= 15 is 0 Å². The standard InChI is InChI=1S/C23H32N4O2S/c1-15-9-21(26-29-15)23-11-18(23)13-27(14-23)8-7-17-3-5-19(6-4-17)25-22(28)10-20-12-24-16(2)30-20/h9,12,17-19H,3-8,10-11,13-14H2,1-2H3,(H,25,28). The van der Waals surface area contributed by atoms with E-state index in [2.05, 4.69) is 26.4 Å². The molecule has 1 saturated heterocycles. The van der Waals surface area contributed by atoms with Crippen LogP contribution < -0.4 is 5.32 Å². The summed E-state index contributed by atoms with van der Waals surface area (Å²) in [7, 11) is 0. The summed E-state index contributed by atoms with van der Waals surface area (Å²) in [4.78, 5) is 20.2. The van der Waals surface area contributed by atoms with Gasteiger partial charge in [-0.25, -0.2) is 4.98 Å². The second-order valence-electron chi connectivity index (χ2n) is 9.71. The summed E-state index contributed by atoms with van der Waals surface area (Å²) in [6.07, 6.45) is 9.54. The fourth-order valence-corrected chi connectivity index (χ4v) is 6.43. The zero-order chi connectivity index (χ0) is 20.7. The van der Waals surface area contributed by atoms with Gasteiger partial charge in [-0.3, -0.25) is 4.79 Å². The Kier molecular flexibility index (Phi) is 5.44. The zero-order valence-electron chi connectivity index (χ0n) is 18.0. The Morgan fingerprint density at radius 1 is 1.33 bits per heavy atom. The molecule has 7 heteroatoms. The van der Waals surface area contributed by atoms with Gasteiger partial charge in [-0.05, 0) is 70.8 Å². The summed E-state index contributed by atoms with van der Waals surface area (Å²) in [5, 5.41) is 8.58. The molecule has 0 spiro atoms. The van der Waals surface area contributed by atoms with Crippen LogP contribution >= 0.6 is 11.3 Å². The minimum atomic E-state index is 0.145. The van der Waals surface area contributed by atoms with Crippen molar-refractivity contribution in [1.82, 2.24) is 20.4 Å². The third kappa shape index (κ3) is 4.19. The number of carbonyl (C=O) groups is 1. The van der Waals surface area contributed by atoms with Gasteiger partial charge in [-0.1, -0.05) is 5.16 Å². The first-order chi connectivity index (χ1) is 14.5. The maximum absolute atomic E-state index is 12.3. The summed E-state index contributed by atoms with van der Waals surface area (Å²) < 4.78 is 5.33. The molecule has 2 unspecified atom stereocenters. The molecule has 3 heterocycles. The molecule has 2 atom stereocenters. The van der Waals surface area contributed by atoms with Crippen molar-refractivity contribution in [2.24, 2.45) is 11.8 Å². The average molecular weight is 429 g/mol. The Morgan fingerprint density at radius 2 is 2.17 bits per heavy atom. The third-order valence-corrected chi connectivity index (χ3v) is 8.34. The van der Waals surface area contributed by atoms with Gasteiger partial charge in [-0.15, -0.1) is 11.3 Å². The van der Waals surface area contributed by atoms with E-state index in [1.807, 2.05) is 20.0 Å². The normalized spacial score (nSPS) is 30.9. The molecule has 2 aromatic rings. The lowest BCUT2D eigenvalue weighted by Crippen LogP contribution is -2.38. The summed E-state index contributed by atoms with van der Waals surface area (Å²) in [5.74, 6) is 2.64. The maximum Gasteiger partial charge on any atom is 0.225 e. The molecule has 30 heavy (non-hydrogen) atoms. The Hall–Kier alpha value is -1.73. The van der Waals surface area contributed by atoms with Gasteiger partial charge in [0.1, 0.15) is 5.76 Å². The monoisotopic (exact) mass is 428 g/mol. The van der Waals surface area contributed by atoms with Crippen molar-refractivity contribution >= 4 is 17.2 Å². The van der Waals surface area contributed by atoms with E-state index in [1.165, 1.54) is 44.5 Å². The molecule has 162 valence electrons. The van der Waals surface area contributed by atoms with E-state index in [1.54, 1.807) is 11.3 Å².